The number of aromatic amines is 1. The summed E-state index contributed by atoms with van der Waals surface area (Å²) in [5.41, 5.74) is 2.50. The Balaban J connectivity index is 2.51. The van der Waals surface area contributed by atoms with Gasteiger partial charge in [-0.25, -0.2) is 0 Å². The Morgan fingerprint density at radius 2 is 2.05 bits per heavy atom. The van der Waals surface area contributed by atoms with Crippen LogP contribution in [0.4, 0.5) is 0 Å². The molecular formula is C14H14ClNO3. The van der Waals surface area contributed by atoms with Gasteiger partial charge in [-0.3, -0.25) is 4.79 Å². The number of H-pyrrole nitrogens is 1. The van der Waals surface area contributed by atoms with Crippen LogP contribution in [0.15, 0.2) is 10.9 Å². The van der Waals surface area contributed by atoms with Crippen molar-refractivity contribution >= 4 is 22.5 Å². The largest absolute Gasteiger partial charge is 0.494 e. The zero-order valence-electron chi connectivity index (χ0n) is 10.8. The molecule has 0 fully saturated rings. The molecule has 0 radical (unpaired) electrons. The Morgan fingerprint density at radius 1 is 1.26 bits per heavy atom. The van der Waals surface area contributed by atoms with Crippen LogP contribution < -0.4 is 14.9 Å². The van der Waals surface area contributed by atoms with Crippen molar-refractivity contribution in [3.63, 3.8) is 0 Å². The fraction of sp³-hybridized carbons (Fsp3) is 0.357. The Morgan fingerprint density at radius 3 is 2.74 bits per heavy atom. The molecule has 0 saturated heterocycles. The smallest absolute Gasteiger partial charge is 0.196 e. The minimum atomic E-state index is -0.00102. The first-order chi connectivity index (χ1) is 9.17. The summed E-state index contributed by atoms with van der Waals surface area (Å²) in [6.45, 7) is 0. The lowest BCUT2D eigenvalue weighted by Gasteiger charge is -2.13. The van der Waals surface area contributed by atoms with E-state index < -0.39 is 0 Å². The molecule has 0 aliphatic heterocycles. The summed E-state index contributed by atoms with van der Waals surface area (Å²) < 4.78 is 10.6. The third-order valence-corrected chi connectivity index (χ3v) is 3.90. The number of ether oxygens (including phenoxy) is 2. The topological polar surface area (TPSA) is 51.3 Å². The Hall–Kier alpha value is -1.68. The van der Waals surface area contributed by atoms with Crippen molar-refractivity contribution in [1.82, 2.24) is 4.98 Å². The van der Waals surface area contributed by atoms with E-state index in [1.54, 1.807) is 13.2 Å². The molecule has 0 bridgehead atoms. The van der Waals surface area contributed by atoms with Crippen LogP contribution in [-0.4, -0.2) is 19.2 Å². The van der Waals surface area contributed by atoms with Gasteiger partial charge in [-0.2, -0.15) is 0 Å². The molecule has 1 aromatic carbocycles. The highest BCUT2D eigenvalue weighted by Crippen LogP contribution is 2.38. The van der Waals surface area contributed by atoms with E-state index in [1.165, 1.54) is 7.11 Å². The molecule has 4 nitrogen and oxygen atoms in total. The van der Waals surface area contributed by atoms with Crippen LogP contribution in [0, 0.1) is 0 Å². The number of nitrogens with one attached hydrogen (secondary N) is 1. The van der Waals surface area contributed by atoms with Gasteiger partial charge in [0.05, 0.1) is 30.1 Å². The van der Waals surface area contributed by atoms with E-state index in [-0.39, 0.29) is 5.43 Å². The summed E-state index contributed by atoms with van der Waals surface area (Å²) >= 11 is 6.15. The van der Waals surface area contributed by atoms with E-state index in [9.17, 15) is 4.79 Å². The fourth-order valence-corrected chi connectivity index (χ4v) is 3.02. The summed E-state index contributed by atoms with van der Waals surface area (Å²) in [5, 5.41) is 0.864. The molecule has 100 valence electrons. The highest BCUT2D eigenvalue weighted by molar-refractivity contribution is 6.33. The van der Waals surface area contributed by atoms with Crippen molar-refractivity contribution in [3.05, 3.63) is 32.6 Å². The lowest BCUT2D eigenvalue weighted by atomic mass is 10.1. The van der Waals surface area contributed by atoms with Gasteiger partial charge in [0, 0.05) is 17.3 Å². The number of aromatic nitrogens is 1. The number of halogens is 1. The summed E-state index contributed by atoms with van der Waals surface area (Å²) in [6.07, 6.45) is 2.70. The monoisotopic (exact) mass is 279 g/mol. The number of rotatable bonds is 2. The third-order valence-electron chi connectivity index (χ3n) is 3.62. The molecule has 0 atom stereocenters. The Labute approximate surface area is 115 Å². The molecule has 0 unspecified atom stereocenters. The number of hydrogen-bond donors (Lipinski definition) is 1. The summed E-state index contributed by atoms with van der Waals surface area (Å²) in [4.78, 5) is 15.9. The van der Waals surface area contributed by atoms with Crippen LogP contribution in [0.2, 0.25) is 5.02 Å². The zero-order chi connectivity index (χ0) is 13.6. The van der Waals surface area contributed by atoms with Crippen molar-refractivity contribution in [2.45, 2.75) is 19.3 Å². The maximum Gasteiger partial charge on any atom is 0.196 e. The first-order valence-electron chi connectivity index (χ1n) is 6.15. The van der Waals surface area contributed by atoms with Crippen molar-refractivity contribution in [3.8, 4) is 11.5 Å². The number of methoxy groups -OCH3 is 2. The molecule has 0 amide bonds. The average molecular weight is 280 g/mol. The second-order valence-corrected chi connectivity index (χ2v) is 5.02. The van der Waals surface area contributed by atoms with Crippen molar-refractivity contribution < 1.29 is 9.47 Å². The number of fused-ring (bicyclic) bond motifs is 2. The Kier molecular flexibility index (Phi) is 2.90. The van der Waals surface area contributed by atoms with Crippen molar-refractivity contribution in [2.24, 2.45) is 0 Å². The predicted molar refractivity (Wildman–Crippen MR) is 74.7 cm³/mol. The van der Waals surface area contributed by atoms with E-state index in [1.807, 2.05) is 0 Å². The average Bonchev–Trinajstić information content (AvgIpc) is 2.87. The highest BCUT2D eigenvalue weighted by Gasteiger charge is 2.22. The fourth-order valence-electron chi connectivity index (χ4n) is 2.74. The molecule has 5 heteroatoms. The zero-order valence-corrected chi connectivity index (χ0v) is 11.6. The normalized spacial score (nSPS) is 13.6. The SMILES string of the molecule is COc1cc(Cl)c(OC)c2c(=O)c3c([nH]c12)CCC3. The molecule has 0 saturated carbocycles. The first kappa shape index (κ1) is 12.4. The molecular weight excluding hydrogens is 266 g/mol. The van der Waals surface area contributed by atoms with Crippen LogP contribution in [0.5, 0.6) is 11.5 Å². The van der Waals surface area contributed by atoms with Gasteiger partial charge in [-0.1, -0.05) is 11.6 Å². The van der Waals surface area contributed by atoms with E-state index in [0.29, 0.717) is 27.4 Å². The number of hydrogen-bond acceptors (Lipinski definition) is 3. The summed E-state index contributed by atoms with van der Waals surface area (Å²) in [5.74, 6) is 0.973. The second-order valence-electron chi connectivity index (χ2n) is 4.61. The number of benzene rings is 1. The Bertz CT molecular complexity index is 721. The molecule has 1 aliphatic carbocycles. The van der Waals surface area contributed by atoms with Crippen LogP contribution >= 0.6 is 11.6 Å². The molecule has 0 spiro atoms. The molecule has 19 heavy (non-hydrogen) atoms. The lowest BCUT2D eigenvalue weighted by molar-refractivity contribution is 0.409. The van der Waals surface area contributed by atoms with Crippen LogP contribution in [0.3, 0.4) is 0 Å². The predicted octanol–water partition coefficient (Wildman–Crippen LogP) is 2.69. The summed E-state index contributed by atoms with van der Waals surface area (Å²) in [7, 11) is 3.07. The van der Waals surface area contributed by atoms with Gasteiger partial charge in [-0.15, -0.1) is 0 Å². The van der Waals surface area contributed by atoms with Gasteiger partial charge < -0.3 is 14.5 Å². The maximum absolute atomic E-state index is 12.6. The van der Waals surface area contributed by atoms with Gasteiger partial charge in [0.1, 0.15) is 5.75 Å². The van der Waals surface area contributed by atoms with Crippen LogP contribution in [0.25, 0.3) is 10.9 Å². The second kappa shape index (κ2) is 4.46. The van der Waals surface area contributed by atoms with E-state index in [4.69, 9.17) is 21.1 Å². The molecule has 2 aromatic rings. The molecule has 1 aliphatic rings. The summed E-state index contributed by atoms with van der Waals surface area (Å²) in [6, 6.07) is 1.67. The molecule has 1 aromatic heterocycles. The quantitative estimate of drug-likeness (QED) is 0.919. The minimum absolute atomic E-state index is 0.00102. The van der Waals surface area contributed by atoms with Crippen LogP contribution in [-0.2, 0) is 12.8 Å². The van der Waals surface area contributed by atoms with E-state index in [0.717, 1.165) is 30.5 Å². The third kappa shape index (κ3) is 1.70. The minimum Gasteiger partial charge on any atom is -0.494 e. The van der Waals surface area contributed by atoms with Crippen LogP contribution in [0.1, 0.15) is 17.7 Å². The van der Waals surface area contributed by atoms with Gasteiger partial charge >= 0.3 is 0 Å². The highest BCUT2D eigenvalue weighted by atomic mass is 35.5. The van der Waals surface area contributed by atoms with Crippen molar-refractivity contribution in [1.29, 1.82) is 0 Å². The molecule has 3 rings (SSSR count). The van der Waals surface area contributed by atoms with Gasteiger partial charge in [0.15, 0.2) is 11.2 Å². The van der Waals surface area contributed by atoms with Gasteiger partial charge in [0.2, 0.25) is 0 Å². The van der Waals surface area contributed by atoms with E-state index >= 15 is 0 Å². The molecule has 1 N–H and O–H groups in total. The lowest BCUT2D eigenvalue weighted by Crippen LogP contribution is -2.12. The van der Waals surface area contributed by atoms with Gasteiger partial charge in [-0.05, 0) is 19.3 Å². The van der Waals surface area contributed by atoms with Gasteiger partial charge in [0.25, 0.3) is 0 Å². The molecule has 1 heterocycles. The standard InChI is InChI=1S/C14H14ClNO3/c1-18-10-6-8(15)14(19-2)11-12(10)16-9-5-3-4-7(9)13(11)17/h6H,3-5H2,1-2H3,(H,16,17). The number of aryl methyl sites for hydroxylation is 1. The maximum atomic E-state index is 12.6. The number of pyridine rings is 1. The van der Waals surface area contributed by atoms with E-state index in [2.05, 4.69) is 4.98 Å². The van der Waals surface area contributed by atoms with Crippen molar-refractivity contribution in [2.75, 3.05) is 14.2 Å². The first-order valence-corrected chi connectivity index (χ1v) is 6.53.